The fraction of sp³-hybridized carbons (Fsp3) is 0.389. The van der Waals surface area contributed by atoms with Crippen molar-refractivity contribution in [1.82, 2.24) is 10.6 Å². The first-order valence-corrected chi connectivity index (χ1v) is 18.2. The van der Waals surface area contributed by atoms with Crippen molar-refractivity contribution in [2.24, 2.45) is 11.5 Å². The normalized spacial score (nSPS) is 13.5. The van der Waals surface area contributed by atoms with Crippen LogP contribution >= 0.6 is 21.6 Å². The van der Waals surface area contributed by atoms with Gasteiger partial charge in [0.2, 0.25) is 11.8 Å². The molecule has 258 valence electrons. The van der Waals surface area contributed by atoms with E-state index < -0.39 is 58.6 Å². The maximum Gasteiger partial charge on any atom is 0.326 e. The minimum Gasteiger partial charge on any atom is -0.480 e. The van der Waals surface area contributed by atoms with E-state index >= 15 is 0 Å². The van der Waals surface area contributed by atoms with Gasteiger partial charge in [-0.3, -0.25) is 14.4 Å². The van der Waals surface area contributed by atoms with Crippen LogP contribution in [0.5, 0.6) is 0 Å². The van der Waals surface area contributed by atoms with Crippen LogP contribution in [0.3, 0.4) is 0 Å². The lowest BCUT2D eigenvalue weighted by molar-refractivity contribution is -0.156. The van der Waals surface area contributed by atoms with Gasteiger partial charge in [-0.25, -0.2) is 4.79 Å². The summed E-state index contributed by atoms with van der Waals surface area (Å²) in [5, 5.41) is 14.7. The van der Waals surface area contributed by atoms with Crippen LogP contribution < -0.4 is 22.1 Å². The van der Waals surface area contributed by atoms with Gasteiger partial charge >= 0.3 is 11.9 Å². The molecule has 0 fully saturated rings. The van der Waals surface area contributed by atoms with Gasteiger partial charge in [0, 0.05) is 5.75 Å². The fourth-order valence-electron chi connectivity index (χ4n) is 4.99. The average Bonchev–Trinajstić information content (AvgIpc) is 3.06. The smallest absolute Gasteiger partial charge is 0.326 e. The molecule has 48 heavy (non-hydrogen) atoms. The van der Waals surface area contributed by atoms with Crippen molar-refractivity contribution in [2.45, 2.75) is 74.9 Å². The first-order chi connectivity index (χ1) is 22.9. The van der Waals surface area contributed by atoms with Crippen LogP contribution in [0.2, 0.25) is 0 Å². The van der Waals surface area contributed by atoms with Gasteiger partial charge < -0.3 is 31.9 Å². The Kier molecular flexibility index (Phi) is 15.0. The number of aliphatic carboxylic acids is 1. The van der Waals surface area contributed by atoms with Gasteiger partial charge in [0.05, 0.1) is 12.5 Å². The summed E-state index contributed by atoms with van der Waals surface area (Å²) in [6.07, 6.45) is 0.706. The van der Waals surface area contributed by atoms with Crippen molar-refractivity contribution in [3.63, 3.8) is 0 Å². The van der Waals surface area contributed by atoms with Gasteiger partial charge in [-0.2, -0.15) is 0 Å². The van der Waals surface area contributed by atoms with Crippen molar-refractivity contribution in [1.29, 1.82) is 0 Å². The highest BCUT2D eigenvalue weighted by Gasteiger charge is 2.38. The van der Waals surface area contributed by atoms with E-state index in [-0.39, 0.29) is 12.2 Å². The summed E-state index contributed by atoms with van der Waals surface area (Å²) in [5.74, 6) is -3.27. The molecule has 3 atom stereocenters. The van der Waals surface area contributed by atoms with E-state index in [4.69, 9.17) is 16.2 Å². The lowest BCUT2D eigenvalue weighted by atomic mass is 9.84. The Labute approximate surface area is 290 Å². The molecule has 0 aliphatic rings. The quantitative estimate of drug-likeness (QED) is 0.0548. The van der Waals surface area contributed by atoms with Crippen molar-refractivity contribution >= 4 is 45.3 Å². The van der Waals surface area contributed by atoms with Crippen LogP contribution in [0.4, 0.5) is 0 Å². The van der Waals surface area contributed by atoms with Crippen LogP contribution in [0.25, 0.3) is 0 Å². The number of esters is 1. The fourth-order valence-corrected chi connectivity index (χ4v) is 8.27. The molecule has 0 saturated carbocycles. The first kappa shape index (κ1) is 38.6. The average molecular weight is 695 g/mol. The number of unbranched alkanes of at least 4 members (excludes halogenated alkanes) is 1. The Bertz CT molecular complexity index is 1380. The van der Waals surface area contributed by atoms with Crippen molar-refractivity contribution in [3.8, 4) is 0 Å². The topological polar surface area (TPSA) is 174 Å². The predicted molar refractivity (Wildman–Crippen MR) is 192 cm³/mol. The molecule has 0 aliphatic heterocycles. The van der Waals surface area contributed by atoms with Gasteiger partial charge in [-0.1, -0.05) is 113 Å². The van der Waals surface area contributed by atoms with Crippen molar-refractivity contribution in [2.75, 3.05) is 12.3 Å². The zero-order valence-corrected chi connectivity index (χ0v) is 29.2. The number of nitrogens with one attached hydrogen (secondary N) is 2. The Balaban J connectivity index is 1.80. The molecule has 12 heteroatoms. The van der Waals surface area contributed by atoms with E-state index in [1.165, 1.54) is 10.8 Å². The summed E-state index contributed by atoms with van der Waals surface area (Å²) in [7, 11) is 2.98. The third-order valence-corrected chi connectivity index (χ3v) is 10.4. The van der Waals surface area contributed by atoms with Gasteiger partial charge in [0.15, 0.2) is 0 Å². The van der Waals surface area contributed by atoms with E-state index in [0.717, 1.165) is 16.7 Å². The highest BCUT2D eigenvalue weighted by Crippen LogP contribution is 2.53. The number of carboxylic acids is 1. The van der Waals surface area contributed by atoms with E-state index in [1.807, 2.05) is 54.6 Å². The molecular weight excluding hydrogens is 649 g/mol. The number of carbonyl (C=O) groups excluding carboxylic acids is 3. The van der Waals surface area contributed by atoms with E-state index in [2.05, 4.69) is 47.0 Å². The molecule has 0 saturated heterocycles. The van der Waals surface area contributed by atoms with Crippen molar-refractivity contribution < 1.29 is 29.0 Å². The number of hydrogen-bond acceptors (Lipinski definition) is 9. The number of hydrogen-bond donors (Lipinski definition) is 5. The number of carboxylic acid groups (broad SMARTS) is 1. The summed E-state index contributed by atoms with van der Waals surface area (Å²) < 4.78 is 4.74. The van der Waals surface area contributed by atoms with Crippen LogP contribution in [-0.4, -0.2) is 64.9 Å². The molecule has 0 heterocycles. The van der Waals surface area contributed by atoms with Crippen molar-refractivity contribution in [3.05, 3.63) is 108 Å². The second kappa shape index (κ2) is 18.6. The molecule has 3 aromatic carbocycles. The van der Waals surface area contributed by atoms with Crippen LogP contribution in [0.15, 0.2) is 91.0 Å². The van der Waals surface area contributed by atoms with Gasteiger partial charge in [0.1, 0.15) is 22.4 Å². The molecule has 10 nitrogen and oxygen atoms in total. The predicted octanol–water partition coefficient (Wildman–Crippen LogP) is 4.60. The molecule has 3 aromatic rings. The van der Waals surface area contributed by atoms with Crippen LogP contribution in [0.1, 0.15) is 63.1 Å². The monoisotopic (exact) mass is 694 g/mol. The third-order valence-electron chi connectivity index (χ3n) is 7.29. The molecule has 0 spiro atoms. The molecule has 0 bridgehead atoms. The molecular formula is C36H46N4O6S2. The highest BCUT2D eigenvalue weighted by molar-refractivity contribution is 8.77. The van der Waals surface area contributed by atoms with Crippen LogP contribution in [-0.2, 0) is 28.7 Å². The second-order valence-corrected chi connectivity index (χ2v) is 14.8. The Hall–Kier alpha value is -3.84. The third kappa shape index (κ3) is 11.4. The number of rotatable bonds is 18. The zero-order chi connectivity index (χ0) is 35.2. The SMILES string of the molecule is CC(C)(C)OC(=O)C[C@H](NC(=O)[C@@H](N)CSSC(c1ccccc1)(c1ccccc1)c1ccccc1)C(=O)N[C@@H](CCCCN)C(=O)O. The van der Waals surface area contributed by atoms with E-state index in [0.29, 0.717) is 19.4 Å². The molecule has 0 unspecified atom stereocenters. The molecule has 2 amide bonds. The largest absolute Gasteiger partial charge is 0.480 e. The number of benzene rings is 3. The Morgan fingerprint density at radius 1 is 0.771 bits per heavy atom. The minimum absolute atomic E-state index is 0.144. The standard InChI is InChI=1S/C36H46N4O6S2/c1-35(2,3)46-31(41)23-30(33(43)39-29(34(44)45)21-13-14-22-37)40-32(42)28(38)24-47-48-36(25-15-7-4-8-16-25,26-17-9-5-10-18-26)27-19-11-6-12-20-27/h4-12,15-20,28-30H,13-14,21-24,37-38H2,1-3H3,(H,39,43)(H,40,42)(H,44,45)/t28-,29-,30-/m0/s1. The van der Waals surface area contributed by atoms with Crippen LogP contribution in [0, 0.1) is 0 Å². The summed E-state index contributed by atoms with van der Waals surface area (Å²) in [6, 6.07) is 26.6. The summed E-state index contributed by atoms with van der Waals surface area (Å²) >= 11 is 0. The number of ether oxygens (including phenoxy) is 1. The van der Waals surface area contributed by atoms with Gasteiger partial charge in [-0.05, 0) is 63.3 Å². The number of amides is 2. The van der Waals surface area contributed by atoms with E-state index in [9.17, 15) is 24.3 Å². The lowest BCUT2D eigenvalue weighted by Gasteiger charge is -2.35. The zero-order valence-electron chi connectivity index (χ0n) is 27.6. The lowest BCUT2D eigenvalue weighted by Crippen LogP contribution is -2.55. The minimum atomic E-state index is -1.40. The summed E-state index contributed by atoms with van der Waals surface area (Å²) in [4.78, 5) is 51.3. The number of nitrogens with two attached hydrogens (primary N) is 2. The molecule has 0 radical (unpaired) electrons. The molecule has 3 rings (SSSR count). The number of carbonyl (C=O) groups is 4. The molecule has 0 aliphatic carbocycles. The Morgan fingerprint density at radius 3 is 1.69 bits per heavy atom. The summed E-state index contributed by atoms with van der Waals surface area (Å²) in [5.41, 5.74) is 14.2. The van der Waals surface area contributed by atoms with E-state index in [1.54, 1.807) is 31.6 Å². The second-order valence-electron chi connectivity index (χ2n) is 12.3. The Morgan fingerprint density at radius 2 is 1.25 bits per heavy atom. The maximum absolute atomic E-state index is 13.4. The first-order valence-electron chi connectivity index (χ1n) is 15.9. The highest BCUT2D eigenvalue weighted by atomic mass is 33.1. The molecule has 7 N–H and O–H groups in total. The maximum atomic E-state index is 13.4. The molecule has 0 aromatic heterocycles. The van der Waals surface area contributed by atoms with Gasteiger partial charge in [0.25, 0.3) is 0 Å². The van der Waals surface area contributed by atoms with Gasteiger partial charge in [-0.15, -0.1) is 0 Å². The summed E-state index contributed by atoms with van der Waals surface area (Å²) in [6.45, 7) is 5.43.